The van der Waals surface area contributed by atoms with E-state index in [0.717, 1.165) is 0 Å². The van der Waals surface area contributed by atoms with E-state index in [1.807, 2.05) is 0 Å². The van der Waals surface area contributed by atoms with Gasteiger partial charge in [-0.2, -0.15) is 8.78 Å². The molecule has 0 radical (unpaired) electrons. The Balaban J connectivity index is 1.49. The van der Waals surface area contributed by atoms with E-state index in [2.05, 4.69) is 30.5 Å². The van der Waals surface area contributed by atoms with E-state index in [9.17, 15) is 13.2 Å². The Morgan fingerprint density at radius 2 is 1.93 bits per heavy atom. The number of alkyl halides is 2. The third-order valence-corrected chi connectivity index (χ3v) is 3.55. The van der Waals surface area contributed by atoms with E-state index in [1.165, 1.54) is 29.2 Å². The van der Waals surface area contributed by atoms with Gasteiger partial charge in [0.15, 0.2) is 0 Å². The number of hydrogen-bond acceptors (Lipinski definition) is 7. The first-order valence-corrected chi connectivity index (χ1v) is 7.67. The summed E-state index contributed by atoms with van der Waals surface area (Å²) in [6.07, 6.45) is 1.57. The molecular weight excluding hydrogens is 363 g/mol. The van der Waals surface area contributed by atoms with Gasteiger partial charge in [0.05, 0.1) is 29.7 Å². The number of nitrogens with zero attached hydrogens (tertiary/aromatic N) is 7. The van der Waals surface area contributed by atoms with Crippen LogP contribution in [0.1, 0.15) is 18.0 Å². The molecule has 0 aliphatic carbocycles. The van der Waals surface area contributed by atoms with E-state index in [4.69, 9.17) is 4.42 Å². The molecule has 0 spiro atoms. The van der Waals surface area contributed by atoms with Gasteiger partial charge < -0.3 is 4.42 Å². The van der Waals surface area contributed by atoms with Crippen molar-refractivity contribution < 1.29 is 17.6 Å². The molecule has 0 amide bonds. The van der Waals surface area contributed by atoms with Crippen molar-refractivity contribution in [3.63, 3.8) is 0 Å². The first-order valence-electron chi connectivity index (χ1n) is 7.67. The highest BCUT2D eigenvalue weighted by Crippen LogP contribution is 2.22. The third kappa shape index (κ3) is 3.66. The van der Waals surface area contributed by atoms with Crippen molar-refractivity contribution in [1.82, 2.24) is 35.2 Å². The fourth-order valence-corrected chi connectivity index (χ4v) is 2.29. The van der Waals surface area contributed by atoms with Crippen LogP contribution in [0, 0.1) is 5.82 Å². The minimum atomic E-state index is -2.83. The number of aromatic nitrogens is 7. The van der Waals surface area contributed by atoms with Gasteiger partial charge in [-0.3, -0.25) is 9.97 Å². The molecule has 4 aromatic rings. The van der Waals surface area contributed by atoms with Gasteiger partial charge in [-0.15, -0.1) is 15.3 Å². The maximum Gasteiger partial charge on any atom is 0.314 e. The van der Waals surface area contributed by atoms with Crippen LogP contribution in [0.15, 0.2) is 47.3 Å². The third-order valence-electron chi connectivity index (χ3n) is 3.55. The normalized spacial score (nSPS) is 11.3. The minimum Gasteiger partial charge on any atom is -0.415 e. The zero-order valence-corrected chi connectivity index (χ0v) is 13.5. The summed E-state index contributed by atoms with van der Waals surface area (Å²) in [6.45, 7) is 0.300. The average molecular weight is 373 g/mol. The molecule has 0 aliphatic rings. The smallest absolute Gasteiger partial charge is 0.314 e. The summed E-state index contributed by atoms with van der Waals surface area (Å²) in [4.78, 5) is 8.26. The summed E-state index contributed by atoms with van der Waals surface area (Å²) < 4.78 is 44.7. The van der Waals surface area contributed by atoms with E-state index in [1.54, 1.807) is 18.3 Å². The summed E-state index contributed by atoms with van der Waals surface area (Å²) in [6, 6.07) is 5.80. The molecule has 4 aromatic heterocycles. The van der Waals surface area contributed by atoms with E-state index < -0.39 is 18.1 Å². The highest BCUT2D eigenvalue weighted by atomic mass is 19.3. The van der Waals surface area contributed by atoms with E-state index in [0.29, 0.717) is 29.2 Å². The van der Waals surface area contributed by atoms with Crippen LogP contribution in [0.5, 0.6) is 0 Å². The Labute approximate surface area is 149 Å². The monoisotopic (exact) mass is 373 g/mol. The minimum absolute atomic E-state index is 0.0374. The SMILES string of the molecule is Fc1ccnc(-c2cn(Cc3ccc(-c4nnc(C(F)F)o4)cn3)nn2)c1. The van der Waals surface area contributed by atoms with Crippen LogP contribution in [0.4, 0.5) is 13.2 Å². The molecule has 8 nitrogen and oxygen atoms in total. The number of hydrogen-bond donors (Lipinski definition) is 0. The summed E-state index contributed by atoms with van der Waals surface area (Å²) in [7, 11) is 0. The Morgan fingerprint density at radius 3 is 2.63 bits per heavy atom. The van der Waals surface area contributed by atoms with Crippen LogP contribution in [0.2, 0.25) is 0 Å². The molecule has 0 unspecified atom stereocenters. The second-order valence-corrected chi connectivity index (χ2v) is 5.45. The standard InChI is InChI=1S/C16H10F3N7O/c17-10-3-4-20-12(5-10)13-8-26(25-22-13)7-11-2-1-9(6-21-11)15-23-24-16(27-15)14(18)19/h1-6,8,14H,7H2. The molecule has 0 aromatic carbocycles. The van der Waals surface area contributed by atoms with Crippen LogP contribution < -0.4 is 0 Å². The quantitative estimate of drug-likeness (QED) is 0.531. The number of halogens is 3. The number of pyridine rings is 2. The van der Waals surface area contributed by atoms with E-state index >= 15 is 0 Å². The van der Waals surface area contributed by atoms with Crippen molar-refractivity contribution in [3.05, 3.63) is 60.3 Å². The zero-order chi connectivity index (χ0) is 18.8. The highest BCUT2D eigenvalue weighted by molar-refractivity contribution is 5.52. The van der Waals surface area contributed by atoms with Crippen LogP contribution >= 0.6 is 0 Å². The second kappa shape index (κ2) is 6.94. The first kappa shape index (κ1) is 16.8. The lowest BCUT2D eigenvalue weighted by Crippen LogP contribution is -2.02. The van der Waals surface area contributed by atoms with Gasteiger partial charge in [0, 0.05) is 18.5 Å². The second-order valence-electron chi connectivity index (χ2n) is 5.45. The largest absolute Gasteiger partial charge is 0.415 e. The van der Waals surface area contributed by atoms with Crippen molar-refractivity contribution in [3.8, 4) is 22.8 Å². The molecule has 0 saturated heterocycles. The molecule has 0 saturated carbocycles. The molecule has 0 aliphatic heterocycles. The topological polar surface area (TPSA) is 95.4 Å². The van der Waals surface area contributed by atoms with Crippen LogP contribution in [0.25, 0.3) is 22.8 Å². The van der Waals surface area contributed by atoms with Crippen LogP contribution in [0.3, 0.4) is 0 Å². The number of rotatable bonds is 5. The summed E-state index contributed by atoms with van der Waals surface area (Å²) in [5.41, 5.74) is 1.85. The summed E-state index contributed by atoms with van der Waals surface area (Å²) >= 11 is 0. The molecular formula is C16H10F3N7O. The van der Waals surface area contributed by atoms with Gasteiger partial charge in [-0.25, -0.2) is 9.07 Å². The van der Waals surface area contributed by atoms with Crippen LogP contribution in [-0.2, 0) is 6.54 Å². The first-order chi connectivity index (χ1) is 13.1. The lowest BCUT2D eigenvalue weighted by Gasteiger charge is -2.01. The molecule has 4 rings (SSSR count). The Morgan fingerprint density at radius 1 is 1.04 bits per heavy atom. The predicted molar refractivity (Wildman–Crippen MR) is 84.8 cm³/mol. The Bertz CT molecular complexity index is 1060. The van der Waals surface area contributed by atoms with Gasteiger partial charge in [-0.05, 0) is 18.2 Å². The highest BCUT2D eigenvalue weighted by Gasteiger charge is 2.17. The van der Waals surface area contributed by atoms with Gasteiger partial charge in [0.1, 0.15) is 11.5 Å². The van der Waals surface area contributed by atoms with E-state index in [-0.39, 0.29) is 5.89 Å². The maximum absolute atomic E-state index is 13.3. The molecule has 136 valence electrons. The summed E-state index contributed by atoms with van der Waals surface area (Å²) in [5, 5.41) is 14.8. The molecule has 0 atom stereocenters. The fourth-order valence-electron chi connectivity index (χ4n) is 2.29. The molecule has 27 heavy (non-hydrogen) atoms. The van der Waals surface area contributed by atoms with Gasteiger partial charge >= 0.3 is 6.43 Å². The van der Waals surface area contributed by atoms with Gasteiger partial charge in [0.2, 0.25) is 5.89 Å². The van der Waals surface area contributed by atoms with Gasteiger partial charge in [0.25, 0.3) is 5.89 Å². The molecule has 0 fully saturated rings. The average Bonchev–Trinajstić information content (AvgIpc) is 3.32. The molecule has 11 heteroatoms. The Kier molecular flexibility index (Phi) is 4.32. The Hall–Kier alpha value is -3.63. The van der Waals surface area contributed by atoms with Crippen molar-refractivity contribution in [2.24, 2.45) is 0 Å². The fraction of sp³-hybridized carbons (Fsp3) is 0.125. The van der Waals surface area contributed by atoms with Crippen LogP contribution in [-0.4, -0.2) is 35.2 Å². The zero-order valence-electron chi connectivity index (χ0n) is 13.5. The van der Waals surface area contributed by atoms with Crippen molar-refractivity contribution >= 4 is 0 Å². The van der Waals surface area contributed by atoms with Crippen molar-refractivity contribution in [2.45, 2.75) is 13.0 Å². The predicted octanol–water partition coefficient (Wildman–Crippen LogP) is 2.91. The van der Waals surface area contributed by atoms with Crippen molar-refractivity contribution in [1.29, 1.82) is 0 Å². The van der Waals surface area contributed by atoms with Gasteiger partial charge in [-0.1, -0.05) is 5.21 Å². The molecule has 0 N–H and O–H groups in total. The lowest BCUT2D eigenvalue weighted by atomic mass is 10.2. The maximum atomic E-state index is 13.3. The molecule has 4 heterocycles. The lowest BCUT2D eigenvalue weighted by molar-refractivity contribution is 0.116. The molecule has 0 bridgehead atoms. The van der Waals surface area contributed by atoms with Crippen molar-refractivity contribution in [2.75, 3.05) is 0 Å². The summed E-state index contributed by atoms with van der Waals surface area (Å²) in [5.74, 6) is -1.19.